The number of carbonyl (C=O) groups excluding carboxylic acids is 2. The van der Waals surface area contributed by atoms with Crippen molar-refractivity contribution in [3.63, 3.8) is 0 Å². The van der Waals surface area contributed by atoms with Crippen LogP contribution in [-0.2, 0) is 11.3 Å². The first kappa shape index (κ1) is 16.1. The van der Waals surface area contributed by atoms with Crippen LogP contribution in [0.2, 0.25) is 0 Å². The van der Waals surface area contributed by atoms with Crippen molar-refractivity contribution in [2.75, 3.05) is 13.1 Å². The van der Waals surface area contributed by atoms with E-state index < -0.39 is 6.09 Å². The second-order valence-electron chi connectivity index (χ2n) is 6.25. The summed E-state index contributed by atoms with van der Waals surface area (Å²) in [7, 11) is 0. The van der Waals surface area contributed by atoms with E-state index in [1.165, 1.54) is 0 Å². The number of nitrogens with zero attached hydrogens (tertiary/aromatic N) is 2. The van der Waals surface area contributed by atoms with E-state index in [1.807, 2.05) is 36.4 Å². The zero-order valence-electron chi connectivity index (χ0n) is 14.0. The molecule has 0 radical (unpaired) electrons. The van der Waals surface area contributed by atoms with Gasteiger partial charge in [-0.25, -0.2) is 9.78 Å². The topological polar surface area (TPSA) is 87.3 Å². The lowest BCUT2D eigenvalue weighted by Gasteiger charge is -2.39. The van der Waals surface area contributed by atoms with E-state index in [9.17, 15) is 9.59 Å². The summed E-state index contributed by atoms with van der Waals surface area (Å²) in [5.74, 6) is -0.0581. The molecule has 132 valence electrons. The van der Waals surface area contributed by atoms with Crippen LogP contribution in [0.5, 0.6) is 0 Å². The van der Waals surface area contributed by atoms with Gasteiger partial charge in [-0.15, -0.1) is 0 Å². The molecule has 0 spiro atoms. The number of alkyl carbamates (subject to hydrolysis) is 1. The Bertz CT molecular complexity index is 932. The maximum Gasteiger partial charge on any atom is 0.407 e. The Hall–Kier alpha value is -3.35. The van der Waals surface area contributed by atoms with Gasteiger partial charge >= 0.3 is 6.09 Å². The number of fused-ring (bicyclic) bond motifs is 1. The smallest absolute Gasteiger partial charge is 0.407 e. The van der Waals surface area contributed by atoms with Crippen LogP contribution in [0, 0.1) is 0 Å². The molecule has 2 heterocycles. The SMILES string of the molecule is O=C(NC1CN(C(=O)c2ccc3nc[nH]c3c2)C1)OCc1ccccc1. The number of amides is 2. The molecule has 26 heavy (non-hydrogen) atoms. The number of rotatable bonds is 4. The van der Waals surface area contributed by atoms with Gasteiger partial charge in [0, 0.05) is 18.7 Å². The number of H-pyrrole nitrogens is 1. The first-order chi connectivity index (χ1) is 12.7. The number of hydrogen-bond donors (Lipinski definition) is 2. The fraction of sp³-hybridized carbons (Fsp3) is 0.211. The van der Waals surface area contributed by atoms with E-state index in [0.29, 0.717) is 18.7 Å². The lowest BCUT2D eigenvalue weighted by molar-refractivity contribution is 0.0546. The zero-order valence-corrected chi connectivity index (χ0v) is 14.0. The number of likely N-dealkylation sites (tertiary alicyclic amines) is 1. The summed E-state index contributed by atoms with van der Waals surface area (Å²) in [4.78, 5) is 33.1. The van der Waals surface area contributed by atoms with Crippen LogP contribution in [-0.4, -0.2) is 46.0 Å². The maximum atomic E-state index is 12.5. The average molecular weight is 350 g/mol. The Morgan fingerprint density at radius 1 is 1.19 bits per heavy atom. The van der Waals surface area contributed by atoms with Crippen LogP contribution < -0.4 is 5.32 Å². The largest absolute Gasteiger partial charge is 0.445 e. The van der Waals surface area contributed by atoms with Crippen molar-refractivity contribution in [3.05, 3.63) is 66.0 Å². The Kier molecular flexibility index (Phi) is 4.27. The molecule has 1 aliphatic rings. The lowest BCUT2D eigenvalue weighted by atomic mass is 10.1. The highest BCUT2D eigenvalue weighted by molar-refractivity contribution is 5.97. The van der Waals surface area contributed by atoms with Gasteiger partial charge in [0.05, 0.1) is 23.4 Å². The molecule has 0 bridgehead atoms. The quantitative estimate of drug-likeness (QED) is 0.756. The van der Waals surface area contributed by atoms with E-state index in [-0.39, 0.29) is 18.6 Å². The Labute approximate surface area is 150 Å². The number of hydrogen-bond acceptors (Lipinski definition) is 4. The first-order valence-corrected chi connectivity index (χ1v) is 8.39. The van der Waals surface area contributed by atoms with Crippen molar-refractivity contribution in [2.24, 2.45) is 0 Å². The molecular weight excluding hydrogens is 332 g/mol. The molecule has 4 rings (SSSR count). The summed E-state index contributed by atoms with van der Waals surface area (Å²) < 4.78 is 5.19. The molecular formula is C19H18N4O3. The van der Waals surface area contributed by atoms with E-state index in [4.69, 9.17) is 4.74 Å². The minimum absolute atomic E-state index is 0.0581. The van der Waals surface area contributed by atoms with E-state index >= 15 is 0 Å². The predicted octanol–water partition coefficient (Wildman–Crippen LogP) is 2.31. The number of benzene rings is 2. The van der Waals surface area contributed by atoms with E-state index in [0.717, 1.165) is 16.6 Å². The molecule has 2 amide bonds. The number of carbonyl (C=O) groups is 2. The normalized spacial score (nSPS) is 14.1. The van der Waals surface area contributed by atoms with Crippen molar-refractivity contribution in [3.8, 4) is 0 Å². The Balaban J connectivity index is 1.25. The molecule has 0 unspecified atom stereocenters. The maximum absolute atomic E-state index is 12.5. The molecule has 1 aromatic heterocycles. The highest BCUT2D eigenvalue weighted by atomic mass is 16.5. The van der Waals surface area contributed by atoms with E-state index in [1.54, 1.807) is 23.4 Å². The third-order valence-electron chi connectivity index (χ3n) is 4.37. The Morgan fingerprint density at radius 3 is 2.81 bits per heavy atom. The van der Waals surface area contributed by atoms with Gasteiger partial charge in [-0.1, -0.05) is 30.3 Å². The summed E-state index contributed by atoms with van der Waals surface area (Å²) in [5, 5.41) is 2.78. The van der Waals surface area contributed by atoms with Crippen LogP contribution in [0.1, 0.15) is 15.9 Å². The molecule has 2 aromatic carbocycles. The third-order valence-corrected chi connectivity index (χ3v) is 4.37. The van der Waals surface area contributed by atoms with Crippen LogP contribution >= 0.6 is 0 Å². The number of nitrogens with one attached hydrogen (secondary N) is 2. The summed E-state index contributed by atoms with van der Waals surface area (Å²) in [6.45, 7) is 1.17. The molecule has 1 fully saturated rings. The minimum Gasteiger partial charge on any atom is -0.445 e. The molecule has 2 N–H and O–H groups in total. The zero-order chi connectivity index (χ0) is 17.9. The van der Waals surface area contributed by atoms with Crippen molar-refractivity contribution in [2.45, 2.75) is 12.6 Å². The minimum atomic E-state index is -0.468. The molecule has 3 aromatic rings. The second-order valence-corrected chi connectivity index (χ2v) is 6.25. The van der Waals surface area contributed by atoms with Crippen LogP contribution in [0.3, 0.4) is 0 Å². The second kappa shape index (κ2) is 6.87. The lowest BCUT2D eigenvalue weighted by Crippen LogP contribution is -2.61. The number of ether oxygens (including phenoxy) is 1. The molecule has 0 aliphatic carbocycles. The standard InChI is InChI=1S/C19H18N4O3/c24-18(14-6-7-16-17(8-14)21-12-20-16)23-9-15(10-23)22-19(25)26-11-13-4-2-1-3-5-13/h1-8,12,15H,9-11H2,(H,20,21)(H,22,25). The van der Waals surface area contributed by atoms with E-state index in [2.05, 4.69) is 15.3 Å². The van der Waals surface area contributed by atoms with Gasteiger partial charge in [0.25, 0.3) is 5.91 Å². The van der Waals surface area contributed by atoms with Gasteiger partial charge in [-0.05, 0) is 23.8 Å². The van der Waals surface area contributed by atoms with Crippen molar-refractivity contribution >= 4 is 23.0 Å². The monoisotopic (exact) mass is 350 g/mol. The number of imidazole rings is 1. The molecule has 0 saturated carbocycles. The Morgan fingerprint density at radius 2 is 2.00 bits per heavy atom. The van der Waals surface area contributed by atoms with Crippen LogP contribution in [0.4, 0.5) is 4.79 Å². The molecule has 7 nitrogen and oxygen atoms in total. The summed E-state index contributed by atoms with van der Waals surface area (Å²) in [6.07, 6.45) is 1.13. The summed E-state index contributed by atoms with van der Waals surface area (Å²) >= 11 is 0. The fourth-order valence-electron chi connectivity index (χ4n) is 2.92. The number of aromatic nitrogens is 2. The van der Waals surface area contributed by atoms with Gasteiger partial charge in [-0.3, -0.25) is 4.79 Å². The number of aromatic amines is 1. The van der Waals surface area contributed by atoms with Gasteiger partial charge in [0.15, 0.2) is 0 Å². The average Bonchev–Trinajstić information content (AvgIpc) is 3.10. The fourth-order valence-corrected chi connectivity index (χ4v) is 2.92. The molecule has 1 saturated heterocycles. The van der Waals surface area contributed by atoms with Crippen LogP contribution in [0.15, 0.2) is 54.9 Å². The van der Waals surface area contributed by atoms with Crippen molar-refractivity contribution < 1.29 is 14.3 Å². The highest BCUT2D eigenvalue weighted by Crippen LogP contribution is 2.17. The summed E-state index contributed by atoms with van der Waals surface area (Å²) in [5.41, 5.74) is 3.19. The van der Waals surface area contributed by atoms with Crippen molar-refractivity contribution in [1.29, 1.82) is 0 Å². The molecule has 7 heteroatoms. The van der Waals surface area contributed by atoms with Gasteiger partial charge in [0.1, 0.15) is 6.61 Å². The van der Waals surface area contributed by atoms with Gasteiger partial charge < -0.3 is 19.9 Å². The van der Waals surface area contributed by atoms with Gasteiger partial charge in [-0.2, -0.15) is 0 Å². The first-order valence-electron chi connectivity index (χ1n) is 8.39. The highest BCUT2D eigenvalue weighted by Gasteiger charge is 2.32. The summed E-state index contributed by atoms with van der Waals surface area (Å²) in [6, 6.07) is 14.8. The molecule has 0 atom stereocenters. The van der Waals surface area contributed by atoms with Crippen LogP contribution in [0.25, 0.3) is 11.0 Å². The van der Waals surface area contributed by atoms with Crippen molar-refractivity contribution in [1.82, 2.24) is 20.2 Å². The molecule has 1 aliphatic heterocycles. The third kappa shape index (κ3) is 3.37. The predicted molar refractivity (Wildman–Crippen MR) is 95.5 cm³/mol. The van der Waals surface area contributed by atoms with Gasteiger partial charge in [0.2, 0.25) is 0 Å².